The van der Waals surface area contributed by atoms with Crippen molar-refractivity contribution in [3.63, 3.8) is 0 Å². The zero-order valence-electron chi connectivity index (χ0n) is 21.8. The molecule has 0 radical (unpaired) electrons. The van der Waals surface area contributed by atoms with Crippen molar-refractivity contribution < 1.29 is 14.0 Å². The van der Waals surface area contributed by atoms with Crippen molar-refractivity contribution in [2.24, 2.45) is 0 Å². The van der Waals surface area contributed by atoms with Gasteiger partial charge in [0.25, 0.3) is 0 Å². The molecule has 0 heterocycles. The molecule has 2 amide bonds. The Kier molecular flexibility index (Phi) is 11.1. The second-order valence-corrected chi connectivity index (χ2v) is 11.7. The first kappa shape index (κ1) is 29.4. The van der Waals surface area contributed by atoms with Gasteiger partial charge in [0.05, 0.1) is 5.75 Å². The summed E-state index contributed by atoms with van der Waals surface area (Å²) in [6.45, 7) is 0.190. The summed E-state index contributed by atoms with van der Waals surface area (Å²) in [6.07, 6.45) is 5.63. The first-order valence-electron chi connectivity index (χ1n) is 13.3. The summed E-state index contributed by atoms with van der Waals surface area (Å²) in [7, 11) is 0. The van der Waals surface area contributed by atoms with Gasteiger partial charge in [-0.25, -0.2) is 4.39 Å². The van der Waals surface area contributed by atoms with E-state index < -0.39 is 11.9 Å². The first-order valence-corrected chi connectivity index (χ1v) is 15.2. The molecule has 1 atom stereocenters. The summed E-state index contributed by atoms with van der Waals surface area (Å²) in [5, 5.41) is 4.10. The molecule has 0 spiro atoms. The van der Waals surface area contributed by atoms with Crippen LogP contribution < -0.4 is 5.32 Å². The van der Waals surface area contributed by atoms with Gasteiger partial charge in [-0.1, -0.05) is 97.1 Å². The van der Waals surface area contributed by atoms with Gasteiger partial charge in [0, 0.05) is 40.4 Å². The summed E-state index contributed by atoms with van der Waals surface area (Å²) in [5.74, 6) is -0.462. The van der Waals surface area contributed by atoms with E-state index in [1.54, 1.807) is 23.1 Å². The highest BCUT2D eigenvalue weighted by atomic mass is 35.5. The van der Waals surface area contributed by atoms with Crippen LogP contribution >= 0.6 is 35.0 Å². The molecule has 3 aromatic carbocycles. The summed E-state index contributed by atoms with van der Waals surface area (Å²) >= 11 is 14.0. The van der Waals surface area contributed by atoms with E-state index >= 15 is 0 Å². The minimum atomic E-state index is -0.726. The molecule has 4 rings (SSSR count). The lowest BCUT2D eigenvalue weighted by molar-refractivity contribution is -0.139. The number of carbonyl (C=O) groups is 2. The third kappa shape index (κ3) is 8.47. The van der Waals surface area contributed by atoms with Gasteiger partial charge in [-0.05, 0) is 42.2 Å². The largest absolute Gasteiger partial charge is 0.352 e. The normalized spacial score (nSPS) is 14.5. The smallest absolute Gasteiger partial charge is 0.243 e. The highest BCUT2D eigenvalue weighted by Gasteiger charge is 2.32. The minimum Gasteiger partial charge on any atom is -0.352 e. The van der Waals surface area contributed by atoms with E-state index in [1.165, 1.54) is 24.2 Å². The van der Waals surface area contributed by atoms with E-state index in [4.69, 9.17) is 23.2 Å². The summed E-state index contributed by atoms with van der Waals surface area (Å²) in [5.41, 5.74) is 2.09. The van der Waals surface area contributed by atoms with Crippen LogP contribution in [0.25, 0.3) is 0 Å². The van der Waals surface area contributed by atoms with Crippen molar-refractivity contribution in [1.29, 1.82) is 0 Å². The Morgan fingerprint density at radius 3 is 2.33 bits per heavy atom. The van der Waals surface area contributed by atoms with Crippen LogP contribution in [0.3, 0.4) is 0 Å². The molecule has 0 bridgehead atoms. The van der Waals surface area contributed by atoms with E-state index in [-0.39, 0.29) is 35.9 Å². The molecule has 4 nitrogen and oxygen atoms in total. The lowest BCUT2D eigenvalue weighted by atomic mass is 9.94. The fourth-order valence-electron chi connectivity index (χ4n) is 4.90. The maximum atomic E-state index is 14.3. The van der Waals surface area contributed by atoms with Crippen molar-refractivity contribution in [2.45, 2.75) is 62.9 Å². The van der Waals surface area contributed by atoms with Crippen molar-refractivity contribution in [1.82, 2.24) is 10.2 Å². The third-order valence-electron chi connectivity index (χ3n) is 7.05. The molecule has 1 unspecified atom stereocenters. The highest BCUT2D eigenvalue weighted by molar-refractivity contribution is 7.99. The second kappa shape index (κ2) is 14.7. The number of hydrogen-bond acceptors (Lipinski definition) is 3. The lowest BCUT2D eigenvalue weighted by Crippen LogP contribution is -2.53. The van der Waals surface area contributed by atoms with Crippen LogP contribution in [0.4, 0.5) is 4.39 Å². The lowest BCUT2D eigenvalue weighted by Gasteiger charge is -2.33. The number of amides is 2. The average Bonchev–Trinajstić information content (AvgIpc) is 2.94. The number of rotatable bonds is 11. The van der Waals surface area contributed by atoms with Crippen molar-refractivity contribution >= 4 is 46.8 Å². The second-order valence-electron chi connectivity index (χ2n) is 9.86. The monoisotopic (exact) mass is 586 g/mol. The number of halogens is 3. The number of benzene rings is 3. The Morgan fingerprint density at radius 1 is 0.923 bits per heavy atom. The maximum absolute atomic E-state index is 14.3. The predicted octanol–water partition coefficient (Wildman–Crippen LogP) is 7.45. The summed E-state index contributed by atoms with van der Waals surface area (Å²) in [4.78, 5) is 29.2. The van der Waals surface area contributed by atoms with E-state index in [0.29, 0.717) is 22.0 Å². The Bertz CT molecular complexity index is 1230. The Labute approximate surface area is 244 Å². The maximum Gasteiger partial charge on any atom is 0.243 e. The zero-order chi connectivity index (χ0) is 27.6. The van der Waals surface area contributed by atoms with Gasteiger partial charge in [0.15, 0.2) is 0 Å². The van der Waals surface area contributed by atoms with Crippen LogP contribution in [0, 0.1) is 5.82 Å². The van der Waals surface area contributed by atoms with Gasteiger partial charge in [0.2, 0.25) is 11.8 Å². The van der Waals surface area contributed by atoms with Gasteiger partial charge in [-0.3, -0.25) is 9.59 Å². The molecule has 0 aromatic heterocycles. The molecule has 1 fully saturated rings. The van der Waals surface area contributed by atoms with Gasteiger partial charge in [-0.15, -0.1) is 11.8 Å². The van der Waals surface area contributed by atoms with Crippen LogP contribution in [-0.4, -0.2) is 34.6 Å². The van der Waals surface area contributed by atoms with Crippen LogP contribution in [0.5, 0.6) is 0 Å². The van der Waals surface area contributed by atoms with E-state index in [2.05, 4.69) is 5.32 Å². The first-order chi connectivity index (χ1) is 18.9. The molecule has 1 saturated carbocycles. The minimum absolute atomic E-state index is 0.0666. The molecule has 3 aromatic rings. The zero-order valence-corrected chi connectivity index (χ0v) is 24.1. The predicted molar refractivity (Wildman–Crippen MR) is 159 cm³/mol. The summed E-state index contributed by atoms with van der Waals surface area (Å²) in [6, 6.07) is 21.0. The van der Waals surface area contributed by atoms with Crippen LogP contribution in [-0.2, 0) is 28.3 Å². The van der Waals surface area contributed by atoms with Crippen LogP contribution in [0.1, 0.15) is 48.8 Å². The molecule has 1 N–H and O–H groups in total. The van der Waals surface area contributed by atoms with Crippen LogP contribution in [0.15, 0.2) is 72.8 Å². The molecule has 206 valence electrons. The number of thioether (sulfide) groups is 1. The fourth-order valence-corrected chi connectivity index (χ4v) is 6.35. The standard InChI is InChI=1S/C31H33Cl2FN2O2S/c32-26-15-8-7-12-23(26)19-36(30(37)21-39-20-25-27(33)16-9-17-28(25)34)29(18-22-10-3-1-4-11-22)31(38)35-24-13-5-2-6-14-24/h1,3-4,7-12,15-17,24,29H,2,5-6,13-14,18-21H2,(H,35,38). The number of carbonyl (C=O) groups excluding carboxylic acids is 2. The van der Waals surface area contributed by atoms with Gasteiger partial charge in [-0.2, -0.15) is 0 Å². The van der Waals surface area contributed by atoms with E-state index in [9.17, 15) is 14.0 Å². The Hall–Kier alpha value is -2.54. The van der Waals surface area contributed by atoms with E-state index in [1.807, 2.05) is 48.5 Å². The molecular weight excluding hydrogens is 554 g/mol. The average molecular weight is 588 g/mol. The van der Waals surface area contributed by atoms with Crippen molar-refractivity contribution in [3.05, 3.63) is 105 Å². The SMILES string of the molecule is O=C(NC1CCCCC1)C(Cc1ccccc1)N(Cc1ccccc1Cl)C(=O)CSCc1c(F)cccc1Cl. The summed E-state index contributed by atoms with van der Waals surface area (Å²) < 4.78 is 14.3. The van der Waals surface area contributed by atoms with E-state index in [0.717, 1.165) is 36.8 Å². The Morgan fingerprint density at radius 2 is 1.62 bits per heavy atom. The van der Waals surface area contributed by atoms with Gasteiger partial charge >= 0.3 is 0 Å². The van der Waals surface area contributed by atoms with Gasteiger partial charge < -0.3 is 10.2 Å². The highest BCUT2D eigenvalue weighted by Crippen LogP contribution is 2.26. The molecule has 1 aliphatic carbocycles. The quantitative estimate of drug-likeness (QED) is 0.254. The van der Waals surface area contributed by atoms with Crippen molar-refractivity contribution in [3.8, 4) is 0 Å². The molecule has 0 aliphatic heterocycles. The van der Waals surface area contributed by atoms with Crippen LogP contribution in [0.2, 0.25) is 10.0 Å². The van der Waals surface area contributed by atoms with Gasteiger partial charge in [0.1, 0.15) is 11.9 Å². The molecular formula is C31H33Cl2FN2O2S. The third-order valence-corrected chi connectivity index (χ3v) is 8.72. The van der Waals surface area contributed by atoms with Crippen molar-refractivity contribution in [2.75, 3.05) is 5.75 Å². The Balaban J connectivity index is 1.59. The number of nitrogens with zero attached hydrogens (tertiary/aromatic N) is 1. The number of nitrogens with one attached hydrogen (secondary N) is 1. The molecule has 39 heavy (non-hydrogen) atoms. The topological polar surface area (TPSA) is 49.4 Å². The molecule has 8 heteroatoms. The molecule has 0 saturated heterocycles. The molecule has 1 aliphatic rings. The fraction of sp³-hybridized carbons (Fsp3) is 0.355. The number of hydrogen-bond donors (Lipinski definition) is 1.